The number of para-hydroxylation sites is 1. The molecule has 0 saturated carbocycles. The first-order valence-corrected chi connectivity index (χ1v) is 8.73. The summed E-state index contributed by atoms with van der Waals surface area (Å²) in [6.45, 7) is 7.83. The Labute approximate surface area is 127 Å². The van der Waals surface area contributed by atoms with Crippen LogP contribution in [-0.2, 0) is 14.8 Å². The molecule has 0 radical (unpaired) electrons. The van der Waals surface area contributed by atoms with Crippen LogP contribution in [0.15, 0.2) is 24.3 Å². The first kappa shape index (κ1) is 17.5. The van der Waals surface area contributed by atoms with Crippen molar-refractivity contribution < 1.29 is 13.2 Å². The fraction of sp³-hybridized carbons (Fsp3) is 0.533. The average molecular weight is 312 g/mol. The summed E-state index contributed by atoms with van der Waals surface area (Å²) in [5.74, 6) is -0.0517. The van der Waals surface area contributed by atoms with Gasteiger partial charge in [-0.2, -0.15) is 0 Å². The summed E-state index contributed by atoms with van der Waals surface area (Å²) in [5, 5.41) is 2.91. The van der Waals surface area contributed by atoms with Crippen LogP contribution in [0, 0.1) is 5.41 Å². The third-order valence-corrected chi connectivity index (χ3v) is 3.38. The lowest BCUT2D eigenvalue weighted by Gasteiger charge is -2.22. The second kappa shape index (κ2) is 6.47. The number of carbonyl (C=O) groups is 1. The lowest BCUT2D eigenvalue weighted by Crippen LogP contribution is -2.30. The van der Waals surface area contributed by atoms with Gasteiger partial charge >= 0.3 is 0 Å². The molecule has 1 aromatic rings. The van der Waals surface area contributed by atoms with Gasteiger partial charge in [-0.15, -0.1) is 0 Å². The van der Waals surface area contributed by atoms with Crippen LogP contribution in [-0.4, -0.2) is 20.6 Å². The summed E-state index contributed by atoms with van der Waals surface area (Å²) < 4.78 is 25.2. The van der Waals surface area contributed by atoms with Gasteiger partial charge in [0.05, 0.1) is 18.0 Å². The molecule has 1 rings (SSSR count). The van der Waals surface area contributed by atoms with Crippen LogP contribution in [0.4, 0.5) is 5.69 Å². The van der Waals surface area contributed by atoms with E-state index < -0.39 is 10.0 Å². The molecule has 1 amide bonds. The summed E-state index contributed by atoms with van der Waals surface area (Å²) in [6, 6.07) is 6.78. The Kier molecular flexibility index (Phi) is 5.39. The maximum absolute atomic E-state index is 12.0. The van der Waals surface area contributed by atoms with E-state index in [4.69, 9.17) is 0 Å². The van der Waals surface area contributed by atoms with Gasteiger partial charge in [-0.05, 0) is 24.0 Å². The Bertz CT molecular complexity index is 604. The largest absolute Gasteiger partial charge is 0.349 e. The van der Waals surface area contributed by atoms with E-state index in [1.165, 1.54) is 0 Å². The number of nitrogens with one attached hydrogen (secondary N) is 2. The summed E-state index contributed by atoms with van der Waals surface area (Å²) >= 11 is 0. The molecule has 0 spiro atoms. The number of benzene rings is 1. The molecule has 1 atom stereocenters. The van der Waals surface area contributed by atoms with Gasteiger partial charge in [-0.1, -0.05) is 39.0 Å². The van der Waals surface area contributed by atoms with Crippen molar-refractivity contribution in [1.82, 2.24) is 5.32 Å². The van der Waals surface area contributed by atoms with Gasteiger partial charge in [-0.25, -0.2) is 8.42 Å². The third-order valence-electron chi connectivity index (χ3n) is 2.79. The zero-order valence-corrected chi connectivity index (χ0v) is 14.0. The summed E-state index contributed by atoms with van der Waals surface area (Å²) in [4.78, 5) is 12.0. The number of sulfonamides is 1. The average Bonchev–Trinajstić information content (AvgIpc) is 2.24. The molecule has 0 heterocycles. The van der Waals surface area contributed by atoms with Gasteiger partial charge in [0.1, 0.15) is 0 Å². The van der Waals surface area contributed by atoms with Crippen molar-refractivity contribution in [3.8, 4) is 0 Å². The van der Waals surface area contributed by atoms with E-state index in [1.807, 2.05) is 33.8 Å². The van der Waals surface area contributed by atoms with E-state index in [2.05, 4.69) is 10.0 Å². The molecule has 0 bridgehead atoms. The molecule has 5 nitrogen and oxygen atoms in total. The van der Waals surface area contributed by atoms with Crippen LogP contribution >= 0.6 is 0 Å². The predicted molar refractivity (Wildman–Crippen MR) is 85.5 cm³/mol. The minimum atomic E-state index is -3.35. The number of rotatable bonds is 5. The third kappa shape index (κ3) is 6.62. The molecular formula is C15H24N2O3S. The zero-order valence-electron chi connectivity index (χ0n) is 13.2. The quantitative estimate of drug-likeness (QED) is 0.877. The Morgan fingerprint density at radius 2 is 1.81 bits per heavy atom. The van der Waals surface area contributed by atoms with Crippen molar-refractivity contribution in [3.05, 3.63) is 29.8 Å². The monoisotopic (exact) mass is 312 g/mol. The van der Waals surface area contributed by atoms with Crippen LogP contribution in [0.5, 0.6) is 0 Å². The van der Waals surface area contributed by atoms with E-state index in [0.29, 0.717) is 12.1 Å². The number of hydrogen-bond acceptors (Lipinski definition) is 3. The fourth-order valence-corrected chi connectivity index (χ4v) is 2.60. The van der Waals surface area contributed by atoms with Crippen molar-refractivity contribution in [2.24, 2.45) is 5.41 Å². The predicted octanol–water partition coefficient (Wildman–Crippen LogP) is 2.67. The highest BCUT2D eigenvalue weighted by molar-refractivity contribution is 7.92. The van der Waals surface area contributed by atoms with Crippen molar-refractivity contribution in [2.75, 3.05) is 11.0 Å². The van der Waals surface area contributed by atoms with Gasteiger partial charge in [0.2, 0.25) is 15.9 Å². The summed E-state index contributed by atoms with van der Waals surface area (Å²) in [6.07, 6.45) is 1.52. The molecule has 0 aromatic heterocycles. The Hall–Kier alpha value is -1.56. The summed E-state index contributed by atoms with van der Waals surface area (Å²) in [5.41, 5.74) is 1.14. The molecule has 6 heteroatoms. The van der Waals surface area contributed by atoms with Crippen LogP contribution in [0.1, 0.15) is 45.7 Å². The standard InChI is InChI=1S/C15H24N2O3S/c1-11(16-14(18)10-15(2,3)4)12-8-6-7-9-13(12)17-21(5,19)20/h6-9,11,17H,10H2,1-5H3,(H,16,18)/t11-/m0/s1. The zero-order chi connectivity index (χ0) is 16.3. The molecule has 0 aliphatic heterocycles. The lowest BCUT2D eigenvalue weighted by atomic mass is 9.91. The van der Waals surface area contributed by atoms with Crippen molar-refractivity contribution in [3.63, 3.8) is 0 Å². The number of anilines is 1. The number of carbonyl (C=O) groups excluding carboxylic acids is 1. The number of amides is 1. The van der Waals surface area contributed by atoms with Crippen LogP contribution < -0.4 is 10.0 Å². The minimum Gasteiger partial charge on any atom is -0.349 e. The van der Waals surface area contributed by atoms with E-state index in [1.54, 1.807) is 18.2 Å². The second-order valence-electron chi connectivity index (χ2n) is 6.49. The molecule has 0 fully saturated rings. The van der Waals surface area contributed by atoms with Crippen LogP contribution in [0.25, 0.3) is 0 Å². The van der Waals surface area contributed by atoms with Gasteiger partial charge in [0.15, 0.2) is 0 Å². The van der Waals surface area contributed by atoms with Crippen molar-refractivity contribution in [1.29, 1.82) is 0 Å². The van der Waals surface area contributed by atoms with E-state index in [9.17, 15) is 13.2 Å². The molecule has 0 aliphatic rings. The molecule has 0 saturated heterocycles. The van der Waals surface area contributed by atoms with Gasteiger partial charge in [-0.3, -0.25) is 9.52 Å². The fourth-order valence-electron chi connectivity index (χ4n) is 2.02. The molecular weight excluding hydrogens is 288 g/mol. The first-order chi connectivity index (χ1) is 9.48. The normalized spacial score (nSPS) is 13.6. The van der Waals surface area contributed by atoms with Crippen LogP contribution in [0.2, 0.25) is 0 Å². The highest BCUT2D eigenvalue weighted by Crippen LogP contribution is 2.24. The Morgan fingerprint density at radius 1 is 1.24 bits per heavy atom. The Balaban J connectivity index is 2.88. The SMILES string of the molecule is C[C@H](NC(=O)CC(C)(C)C)c1ccccc1NS(C)(=O)=O. The van der Waals surface area contributed by atoms with Crippen molar-refractivity contribution >= 4 is 21.6 Å². The van der Waals surface area contributed by atoms with E-state index in [0.717, 1.165) is 11.8 Å². The maximum Gasteiger partial charge on any atom is 0.229 e. The maximum atomic E-state index is 12.0. The molecule has 0 aliphatic carbocycles. The van der Waals surface area contributed by atoms with E-state index in [-0.39, 0.29) is 17.4 Å². The van der Waals surface area contributed by atoms with Crippen LogP contribution in [0.3, 0.4) is 0 Å². The highest BCUT2D eigenvalue weighted by Gasteiger charge is 2.19. The molecule has 2 N–H and O–H groups in total. The molecule has 0 unspecified atom stereocenters. The van der Waals surface area contributed by atoms with Gasteiger partial charge < -0.3 is 5.32 Å². The summed E-state index contributed by atoms with van der Waals surface area (Å²) in [7, 11) is -3.35. The lowest BCUT2D eigenvalue weighted by molar-refractivity contribution is -0.123. The van der Waals surface area contributed by atoms with Gasteiger partial charge in [0, 0.05) is 6.42 Å². The molecule has 118 valence electrons. The van der Waals surface area contributed by atoms with Gasteiger partial charge in [0.25, 0.3) is 0 Å². The van der Waals surface area contributed by atoms with E-state index >= 15 is 0 Å². The first-order valence-electron chi connectivity index (χ1n) is 6.84. The number of hydrogen-bond donors (Lipinski definition) is 2. The van der Waals surface area contributed by atoms with Crippen molar-refractivity contribution in [2.45, 2.75) is 40.2 Å². The highest BCUT2D eigenvalue weighted by atomic mass is 32.2. The second-order valence-corrected chi connectivity index (χ2v) is 8.24. The topological polar surface area (TPSA) is 75.3 Å². The minimum absolute atomic E-state index is 0.0517. The molecule has 21 heavy (non-hydrogen) atoms. The smallest absolute Gasteiger partial charge is 0.229 e. The Morgan fingerprint density at radius 3 is 2.33 bits per heavy atom. The molecule has 1 aromatic carbocycles.